The molecule has 144 valence electrons. The molecule has 0 aromatic heterocycles. The second-order valence-corrected chi connectivity index (χ2v) is 9.14. The molecule has 9 heteroatoms. The number of phenols is 1. The Morgan fingerprint density at radius 3 is 2.11 bits per heavy atom. The minimum atomic E-state index is -3.94. The summed E-state index contributed by atoms with van der Waals surface area (Å²) in [6.07, 6.45) is 0. The van der Waals surface area contributed by atoms with Crippen molar-refractivity contribution in [2.24, 2.45) is 0 Å². The molecule has 1 fully saturated rings. The lowest BCUT2D eigenvalue weighted by Crippen LogP contribution is -2.41. The molecule has 6 nitrogen and oxygen atoms in total. The van der Waals surface area contributed by atoms with E-state index in [4.69, 9.17) is 9.31 Å². The predicted octanol–water partition coefficient (Wildman–Crippen LogP) is 2.63. The highest BCUT2D eigenvalue weighted by Gasteiger charge is 2.51. The Morgan fingerprint density at radius 2 is 1.56 bits per heavy atom. The molecule has 0 radical (unpaired) electrons. The molecule has 2 aromatic carbocycles. The zero-order valence-corrected chi connectivity index (χ0v) is 16.3. The third-order valence-electron chi connectivity index (χ3n) is 4.84. The van der Waals surface area contributed by atoms with Crippen molar-refractivity contribution in [3.63, 3.8) is 0 Å². The summed E-state index contributed by atoms with van der Waals surface area (Å²) >= 11 is 0. The van der Waals surface area contributed by atoms with Crippen LogP contribution in [0.1, 0.15) is 27.7 Å². The quantitative estimate of drug-likeness (QED) is 0.781. The second-order valence-electron chi connectivity index (χ2n) is 7.46. The lowest BCUT2D eigenvalue weighted by atomic mass is 9.79. The molecule has 0 saturated carbocycles. The number of hydrogen-bond acceptors (Lipinski definition) is 5. The Labute approximate surface area is 158 Å². The number of halogens is 1. The molecule has 0 spiro atoms. The van der Waals surface area contributed by atoms with Gasteiger partial charge in [-0.05, 0) is 75.6 Å². The Morgan fingerprint density at radius 1 is 1.00 bits per heavy atom. The molecule has 2 aromatic rings. The van der Waals surface area contributed by atoms with Gasteiger partial charge in [-0.2, -0.15) is 0 Å². The Kier molecular flexibility index (Phi) is 4.74. The average Bonchev–Trinajstić information content (AvgIpc) is 2.75. The van der Waals surface area contributed by atoms with Crippen LogP contribution in [0, 0.1) is 5.82 Å². The fraction of sp³-hybridized carbons (Fsp3) is 0.333. The SMILES string of the molecule is CC1(C)OB(c2cc(F)cc(NS(=O)(=O)c3ccc(O)cc3)c2)OC1(C)C. The molecule has 27 heavy (non-hydrogen) atoms. The maximum Gasteiger partial charge on any atom is 0.495 e. The summed E-state index contributed by atoms with van der Waals surface area (Å²) in [5.41, 5.74) is -0.782. The van der Waals surface area contributed by atoms with Crippen molar-refractivity contribution in [3.05, 3.63) is 48.3 Å². The van der Waals surface area contributed by atoms with Crippen LogP contribution in [0.4, 0.5) is 10.1 Å². The van der Waals surface area contributed by atoms with Gasteiger partial charge in [0.15, 0.2) is 0 Å². The summed E-state index contributed by atoms with van der Waals surface area (Å²) < 4.78 is 53.2. The molecule has 2 N–H and O–H groups in total. The van der Waals surface area contributed by atoms with Gasteiger partial charge >= 0.3 is 7.12 Å². The van der Waals surface area contributed by atoms with E-state index < -0.39 is 34.2 Å². The summed E-state index contributed by atoms with van der Waals surface area (Å²) in [7, 11) is -4.76. The van der Waals surface area contributed by atoms with Crippen LogP contribution >= 0.6 is 0 Å². The third-order valence-corrected chi connectivity index (χ3v) is 6.24. The van der Waals surface area contributed by atoms with E-state index in [0.29, 0.717) is 5.46 Å². The molecular weight excluding hydrogens is 372 g/mol. The molecule has 1 saturated heterocycles. The molecule has 3 rings (SSSR count). The molecule has 0 atom stereocenters. The number of nitrogens with one attached hydrogen (secondary N) is 1. The molecule has 0 aliphatic carbocycles. The van der Waals surface area contributed by atoms with Gasteiger partial charge in [0, 0.05) is 0 Å². The van der Waals surface area contributed by atoms with E-state index in [9.17, 15) is 17.9 Å². The molecule has 0 bridgehead atoms. The van der Waals surface area contributed by atoms with Crippen LogP contribution in [0.2, 0.25) is 0 Å². The van der Waals surface area contributed by atoms with Gasteiger partial charge in [-0.1, -0.05) is 0 Å². The van der Waals surface area contributed by atoms with Crippen molar-refractivity contribution in [2.45, 2.75) is 43.8 Å². The highest BCUT2D eigenvalue weighted by Crippen LogP contribution is 2.36. The molecule has 0 unspecified atom stereocenters. The van der Waals surface area contributed by atoms with E-state index in [-0.39, 0.29) is 16.3 Å². The largest absolute Gasteiger partial charge is 0.508 e. The number of benzene rings is 2. The van der Waals surface area contributed by atoms with Crippen molar-refractivity contribution in [1.82, 2.24) is 0 Å². The first-order chi connectivity index (χ1) is 12.4. The Hall–Kier alpha value is -2.10. The van der Waals surface area contributed by atoms with Crippen LogP contribution in [0.15, 0.2) is 47.4 Å². The number of sulfonamides is 1. The van der Waals surface area contributed by atoms with E-state index in [1.807, 2.05) is 27.7 Å². The summed E-state index contributed by atoms with van der Waals surface area (Å²) in [6, 6.07) is 8.83. The van der Waals surface area contributed by atoms with E-state index >= 15 is 0 Å². The zero-order valence-electron chi connectivity index (χ0n) is 15.5. The van der Waals surface area contributed by atoms with Gasteiger partial charge in [0.1, 0.15) is 11.6 Å². The highest BCUT2D eigenvalue weighted by molar-refractivity contribution is 7.92. The van der Waals surface area contributed by atoms with Crippen LogP contribution in [0.5, 0.6) is 5.75 Å². The standard InChI is InChI=1S/C18H21BFNO5S/c1-17(2)18(3,4)26-19(25-17)12-9-13(20)11-14(10-12)21-27(23,24)16-7-5-15(22)6-8-16/h5-11,21-22H,1-4H3. The number of anilines is 1. The van der Waals surface area contributed by atoms with Crippen LogP contribution in [0.25, 0.3) is 0 Å². The lowest BCUT2D eigenvalue weighted by molar-refractivity contribution is 0.00578. The number of aromatic hydroxyl groups is 1. The van der Waals surface area contributed by atoms with Crippen LogP contribution in [-0.2, 0) is 19.3 Å². The molecule has 1 heterocycles. The summed E-state index contributed by atoms with van der Waals surface area (Å²) in [6.45, 7) is 7.50. The minimum absolute atomic E-state index is 0.0489. The van der Waals surface area contributed by atoms with Gasteiger partial charge < -0.3 is 14.4 Å². The number of hydrogen-bond donors (Lipinski definition) is 2. The topological polar surface area (TPSA) is 84.9 Å². The van der Waals surface area contributed by atoms with Crippen molar-refractivity contribution in [3.8, 4) is 5.75 Å². The smallest absolute Gasteiger partial charge is 0.495 e. The van der Waals surface area contributed by atoms with Crippen molar-refractivity contribution < 1.29 is 27.2 Å². The average molecular weight is 393 g/mol. The molecule has 1 aliphatic rings. The fourth-order valence-corrected chi connectivity index (χ4v) is 3.67. The maximum atomic E-state index is 14.1. The second kappa shape index (κ2) is 6.51. The molecule has 1 aliphatic heterocycles. The first-order valence-corrected chi connectivity index (χ1v) is 9.86. The first-order valence-electron chi connectivity index (χ1n) is 8.38. The first kappa shape index (κ1) is 19.7. The van der Waals surface area contributed by atoms with Crippen molar-refractivity contribution >= 4 is 28.3 Å². The van der Waals surface area contributed by atoms with Gasteiger partial charge in [-0.15, -0.1) is 0 Å². The summed E-state index contributed by atoms with van der Waals surface area (Å²) in [5.74, 6) is -0.673. The van der Waals surface area contributed by atoms with Crippen LogP contribution < -0.4 is 10.2 Å². The van der Waals surface area contributed by atoms with E-state index in [1.54, 1.807) is 0 Å². The van der Waals surface area contributed by atoms with E-state index in [1.165, 1.54) is 36.4 Å². The van der Waals surface area contributed by atoms with Gasteiger partial charge in [0.05, 0.1) is 21.8 Å². The normalized spacial score (nSPS) is 18.5. The summed E-state index contributed by atoms with van der Waals surface area (Å²) in [5, 5.41) is 9.30. The van der Waals surface area contributed by atoms with Crippen LogP contribution in [0.3, 0.4) is 0 Å². The monoisotopic (exact) mass is 393 g/mol. The summed E-state index contributed by atoms with van der Waals surface area (Å²) in [4.78, 5) is -0.0539. The van der Waals surface area contributed by atoms with E-state index in [2.05, 4.69) is 4.72 Å². The fourth-order valence-electron chi connectivity index (χ4n) is 2.63. The maximum absolute atomic E-state index is 14.1. The minimum Gasteiger partial charge on any atom is -0.508 e. The molecule has 0 amide bonds. The highest BCUT2D eigenvalue weighted by atomic mass is 32.2. The van der Waals surface area contributed by atoms with E-state index in [0.717, 1.165) is 6.07 Å². The van der Waals surface area contributed by atoms with Gasteiger partial charge in [-0.3, -0.25) is 4.72 Å². The van der Waals surface area contributed by atoms with Gasteiger partial charge in [0.2, 0.25) is 0 Å². The third kappa shape index (κ3) is 3.95. The zero-order chi connectivity index (χ0) is 20.0. The predicted molar refractivity (Wildman–Crippen MR) is 101 cm³/mol. The number of phenolic OH excluding ortho intramolecular Hbond substituents is 1. The van der Waals surface area contributed by atoms with Gasteiger partial charge in [0.25, 0.3) is 10.0 Å². The van der Waals surface area contributed by atoms with Crippen LogP contribution in [-0.4, -0.2) is 31.8 Å². The van der Waals surface area contributed by atoms with Gasteiger partial charge in [-0.25, -0.2) is 12.8 Å². The molecular formula is C18H21BFNO5S. The lowest BCUT2D eigenvalue weighted by Gasteiger charge is -2.32. The number of rotatable bonds is 4. The van der Waals surface area contributed by atoms with Crippen molar-refractivity contribution in [2.75, 3.05) is 4.72 Å². The Bertz CT molecular complexity index is 944. The van der Waals surface area contributed by atoms with Crippen molar-refractivity contribution in [1.29, 1.82) is 0 Å². The Balaban J connectivity index is 1.89.